The van der Waals surface area contributed by atoms with E-state index in [1.807, 2.05) is 102 Å². The molecule has 16 N–H and O–H groups in total. The molecule has 3 unspecified atom stereocenters. The number of carbonyl (C=O) groups excluding carboxylic acids is 3. The predicted octanol–water partition coefficient (Wildman–Crippen LogP) is 5.92. The highest BCUT2D eigenvalue weighted by molar-refractivity contribution is 8.14. The number of fused-ring (bicyclic) bond motifs is 4. The van der Waals surface area contributed by atoms with Crippen LogP contribution in [0, 0.1) is 16.2 Å². The van der Waals surface area contributed by atoms with E-state index < -0.39 is 51.3 Å². The number of aromatic nitrogens is 16. The number of nitrogens with zero attached hydrogens (tertiary/aromatic N) is 12. The molecule has 119 heavy (non-hydrogen) atoms. The molecule has 0 fully saturated rings. The van der Waals surface area contributed by atoms with Gasteiger partial charge in [0.1, 0.15) is 40.1 Å². The second-order valence-electron chi connectivity index (χ2n) is 27.0. The summed E-state index contributed by atoms with van der Waals surface area (Å²) in [6, 6.07) is 18.8. The van der Waals surface area contributed by atoms with Crippen molar-refractivity contribution in [3.63, 3.8) is 0 Å². The largest absolute Gasteiger partial charge is 0.697 e. The first kappa shape index (κ1) is 97.2. The molecule has 8 heterocycles. The second-order valence-corrected chi connectivity index (χ2v) is 34.8. The van der Waals surface area contributed by atoms with Gasteiger partial charge in [-0.3, -0.25) is 89.9 Å². The Morgan fingerprint density at radius 1 is 0.445 bits per heavy atom. The van der Waals surface area contributed by atoms with E-state index in [1.165, 1.54) is 43.6 Å². The summed E-state index contributed by atoms with van der Waals surface area (Å²) in [5, 5.41) is 23.5. The number of nitrogen functional groups attached to an aromatic ring is 4. The van der Waals surface area contributed by atoms with Crippen LogP contribution in [0.2, 0.25) is 0 Å². The van der Waals surface area contributed by atoms with Crippen molar-refractivity contribution in [1.29, 1.82) is 0 Å². The lowest BCUT2D eigenvalue weighted by Crippen LogP contribution is -2.26. The Kier molecular flexibility index (Phi) is 39.2. The maximum absolute atomic E-state index is 13.3. The zero-order chi connectivity index (χ0) is 86.8. The van der Waals surface area contributed by atoms with Crippen LogP contribution in [0.4, 0.5) is 23.8 Å². The molecule has 650 valence electrons. The number of aliphatic hydroxyl groups excluding tert-OH is 2. The van der Waals surface area contributed by atoms with Gasteiger partial charge in [-0.15, -0.1) is 9.05 Å². The van der Waals surface area contributed by atoms with Crippen LogP contribution in [0.15, 0.2) is 105 Å². The number of ether oxygens (including phenoxy) is 4. The van der Waals surface area contributed by atoms with E-state index in [2.05, 4.69) is 70.0 Å². The van der Waals surface area contributed by atoms with Gasteiger partial charge >= 0.3 is 23.7 Å². The summed E-state index contributed by atoms with van der Waals surface area (Å²) < 4.78 is 98.4. The first-order chi connectivity index (χ1) is 56.7. The number of hydrogen-bond acceptors (Lipinski definition) is 37. The molecule has 0 aliphatic rings. The normalized spacial score (nSPS) is 13.0. The number of benzene rings is 2. The highest BCUT2D eigenvalue weighted by atomic mass is 32.2. The summed E-state index contributed by atoms with van der Waals surface area (Å²) in [4.78, 5) is 125. The Bertz CT molecular complexity index is 5090. The molecule has 10 aromatic rings. The quantitative estimate of drug-likeness (QED) is 0.0156. The lowest BCUT2D eigenvalue weighted by Gasteiger charge is -2.21. The molecule has 3 atom stereocenters. The van der Waals surface area contributed by atoms with Crippen molar-refractivity contribution in [3.8, 4) is 0 Å². The van der Waals surface area contributed by atoms with Crippen molar-refractivity contribution < 1.29 is 84.4 Å². The molecule has 0 spiro atoms. The predicted molar refractivity (Wildman–Crippen MR) is 448 cm³/mol. The molecule has 0 aliphatic heterocycles. The van der Waals surface area contributed by atoms with Crippen molar-refractivity contribution in [1.82, 2.24) is 88.3 Å². The fourth-order valence-electron chi connectivity index (χ4n) is 9.21. The third-order valence-electron chi connectivity index (χ3n) is 16.7. The Hall–Kier alpha value is -8.90. The second kappa shape index (κ2) is 47.9. The number of hydrogen-bond donors (Lipinski definition) is 12. The summed E-state index contributed by atoms with van der Waals surface area (Å²) in [7, 11) is -9.73. The fourth-order valence-corrected chi connectivity index (χ4v) is 15.3. The molecular weight excluding hydrogens is 1680 g/mol. The third-order valence-corrected chi connectivity index (χ3v) is 24.2. The van der Waals surface area contributed by atoms with E-state index in [0.29, 0.717) is 28.4 Å². The maximum Gasteiger partial charge on any atom is 0.697 e. The molecule has 0 aliphatic carbocycles. The standard InChI is InChI=1S/C23H33N6O6PS.C22H31N6O7PS.C16H24N5O6PS.C8H11N5O3/c1-4-23(2,3)21(31)37-13-12-35-36(32,26-14-17-8-6-5-7-9-17)34-11-10-33-16-29-15-25-18-19(29)27-22(24)28-20(18)30;1-22(2,13-29)20(31)37-11-10-35-36(32,25-12-16-6-4-3-5-7-16)34-9-8-33-15-28-14-24-17-18(28)26-21(23)27-19(17)30;1-4-16(2,3)14(23)29-8-7-27-28(24)26-6-5-25-10-21-9-18-11-12(21)19-15(17)20-13(11)22;9-8-11-6-5(7(15)12-8)10-3-13(6)4-16-2-1-14/h5-9,15H,4,10-14,16H2,1-3H3,(H,26,32)(H3,24,27,28,30);3-7,14,29H,8-13,15H2,1-2H3,(H,25,32)(H3,23,26,27,30);9H,4-8,10H2,1-3H3,(H2-,17,19,20,22);3,14H,1-2,4H2,(H3,9,11,12,15)/p+1. The van der Waals surface area contributed by atoms with Gasteiger partial charge in [0.2, 0.25) is 23.8 Å². The van der Waals surface area contributed by atoms with Crippen LogP contribution in [0.1, 0.15) is 79.4 Å². The van der Waals surface area contributed by atoms with Crippen molar-refractivity contribution >= 4 is 143 Å². The van der Waals surface area contributed by atoms with Crippen LogP contribution in [0.25, 0.3) is 44.7 Å². The van der Waals surface area contributed by atoms with Crippen LogP contribution >= 0.6 is 59.0 Å². The van der Waals surface area contributed by atoms with Crippen molar-refractivity contribution in [2.45, 2.75) is 108 Å². The zero-order valence-corrected chi connectivity index (χ0v) is 71.8. The molecule has 50 heteroatoms. The van der Waals surface area contributed by atoms with Crippen molar-refractivity contribution in [2.75, 3.05) is 119 Å². The molecule has 2 aromatic carbocycles. The van der Waals surface area contributed by atoms with Crippen LogP contribution in [-0.4, -0.2) is 200 Å². The Balaban J connectivity index is 0.000000227. The minimum absolute atomic E-state index is 0.0117. The SMILES string of the molecule is CC(C)(CO)C(=O)SCCOP(=O)(NCc1ccccc1)OCCOCn1cnc2c(=O)[nH]c(N)nc21.CCC(C)(C)C(=O)SCCOP(=O)(NCc1ccccc1)OCCOCn1cnc2c(=O)[nH]c(N)nc21.CCC(C)(C)C(=O)SCCO[P+](=O)OCCOCn1cnc2c(=O)[nH]c(N)nc21.Nc1nc2c(ncn2COCCO)c(=O)[nH]1. The lowest BCUT2D eigenvalue weighted by atomic mass is 9.92. The van der Waals surface area contributed by atoms with Crippen molar-refractivity contribution in [3.05, 3.63) is 139 Å². The number of anilines is 4. The monoisotopic (exact) mass is 1780 g/mol. The maximum atomic E-state index is 13.3. The van der Waals surface area contributed by atoms with Gasteiger partial charge < -0.3 is 52.1 Å². The lowest BCUT2D eigenvalue weighted by molar-refractivity contribution is -0.120. The molecule has 0 radical (unpaired) electrons. The number of nitrogens with two attached hydrogens (primary N) is 4. The molecule has 0 amide bonds. The first-order valence-corrected chi connectivity index (χ1v) is 43.8. The smallest absolute Gasteiger partial charge is 0.395 e. The molecule has 44 nitrogen and oxygen atoms in total. The molecule has 8 aromatic heterocycles. The zero-order valence-electron chi connectivity index (χ0n) is 66.6. The summed E-state index contributed by atoms with van der Waals surface area (Å²) >= 11 is 3.31. The summed E-state index contributed by atoms with van der Waals surface area (Å²) in [5.74, 6) is 0.950. The molecular formula is C69H100N22O22P3S3+. The molecule has 10 rings (SSSR count). The average Bonchev–Trinajstić information content (AvgIpc) is 1.68. The summed E-state index contributed by atoms with van der Waals surface area (Å²) in [5.41, 5.74) is 22.4. The van der Waals surface area contributed by atoms with E-state index in [-0.39, 0.29) is 203 Å². The molecule has 0 saturated carbocycles. The minimum Gasteiger partial charge on any atom is -0.395 e. The molecule has 0 saturated heterocycles. The van der Waals surface area contributed by atoms with Gasteiger partial charge in [-0.2, -0.15) is 19.9 Å². The number of nitrogens with one attached hydrogen (secondary N) is 6. The number of thioether (sulfide) groups is 3. The van der Waals surface area contributed by atoms with Gasteiger partial charge in [0.15, 0.2) is 60.0 Å². The van der Waals surface area contributed by atoms with E-state index in [1.54, 1.807) is 13.8 Å². The highest BCUT2D eigenvalue weighted by Crippen LogP contribution is 2.45. The van der Waals surface area contributed by atoms with Crippen LogP contribution in [0.5, 0.6) is 0 Å². The van der Waals surface area contributed by atoms with Gasteiger partial charge in [0, 0.05) is 45.7 Å². The number of aliphatic hydroxyl groups is 2. The van der Waals surface area contributed by atoms with E-state index in [9.17, 15) is 52.4 Å². The van der Waals surface area contributed by atoms with Gasteiger partial charge in [-0.1, -0.05) is 137 Å². The van der Waals surface area contributed by atoms with E-state index in [4.69, 9.17) is 74.1 Å². The highest BCUT2D eigenvalue weighted by Gasteiger charge is 2.32. The number of carbonyl (C=O) groups is 3. The Labute approximate surface area is 694 Å². The number of rotatable bonds is 46. The number of H-pyrrole nitrogens is 4. The van der Waals surface area contributed by atoms with Gasteiger partial charge in [0.05, 0.1) is 96.8 Å². The summed E-state index contributed by atoms with van der Waals surface area (Å²) in [6.07, 6.45) is 7.15. The van der Waals surface area contributed by atoms with Gasteiger partial charge in [0.25, 0.3) is 22.2 Å². The van der Waals surface area contributed by atoms with Crippen LogP contribution in [-0.2, 0) is 114 Å². The van der Waals surface area contributed by atoms with Gasteiger partial charge in [-0.05, 0) is 37.8 Å². The fraction of sp³-hybridized carbons (Fsp3) is 0.493. The van der Waals surface area contributed by atoms with Gasteiger partial charge in [-0.25, -0.2) is 39.2 Å². The minimum atomic E-state index is -3.74. The topological polar surface area (TPSA) is 618 Å². The number of aromatic amines is 4. The molecule has 0 bridgehead atoms. The average molecular weight is 1780 g/mol. The third kappa shape index (κ3) is 31.3. The Morgan fingerprint density at radius 2 is 0.739 bits per heavy atom. The van der Waals surface area contributed by atoms with Crippen LogP contribution in [0.3, 0.4) is 0 Å². The van der Waals surface area contributed by atoms with Crippen molar-refractivity contribution in [2.24, 2.45) is 16.2 Å². The Morgan fingerprint density at radius 3 is 1.06 bits per heavy atom. The van der Waals surface area contributed by atoms with E-state index >= 15 is 0 Å². The first-order valence-electron chi connectivity index (χ1n) is 36.7. The van der Waals surface area contributed by atoms with E-state index in [0.717, 1.165) is 59.3 Å². The summed E-state index contributed by atoms with van der Waals surface area (Å²) in [6.45, 7) is 15.9. The number of imidazole rings is 4. The van der Waals surface area contributed by atoms with Crippen LogP contribution < -0.4 is 55.3 Å².